The average Bonchev–Trinajstić information content (AvgIpc) is 2.71. The summed E-state index contributed by atoms with van der Waals surface area (Å²) in [6.07, 6.45) is 6.45. The van der Waals surface area contributed by atoms with Crippen molar-refractivity contribution in [3.63, 3.8) is 0 Å². The maximum atomic E-state index is 14.1. The van der Waals surface area contributed by atoms with Gasteiger partial charge in [-0.15, -0.1) is 6.42 Å². The molecular weight excluding hydrogens is 295 g/mol. The van der Waals surface area contributed by atoms with Gasteiger partial charge in [-0.1, -0.05) is 12.0 Å². The Balaban J connectivity index is 2.59. The number of anilines is 2. The second-order valence-corrected chi connectivity index (χ2v) is 5.13. The van der Waals surface area contributed by atoms with E-state index in [9.17, 15) is 9.18 Å². The number of carbonyl (C=O) groups excluding carboxylic acids is 1. The first-order chi connectivity index (χ1) is 10.9. The zero-order valence-corrected chi connectivity index (χ0v) is 13.1. The number of terminal acetylenes is 1. The summed E-state index contributed by atoms with van der Waals surface area (Å²) in [6, 6.07) is 4.77. The molecule has 1 amide bonds. The number of nitrogens with zero attached hydrogens (tertiary/aromatic N) is 2. The van der Waals surface area contributed by atoms with Gasteiger partial charge in [0, 0.05) is 12.6 Å². The molecule has 0 saturated carbocycles. The zero-order valence-electron chi connectivity index (χ0n) is 13.1. The van der Waals surface area contributed by atoms with E-state index in [0.29, 0.717) is 17.2 Å². The fourth-order valence-corrected chi connectivity index (χ4v) is 2.39. The van der Waals surface area contributed by atoms with E-state index in [4.69, 9.17) is 12.2 Å². The topological polar surface area (TPSA) is 72.4 Å². The molecule has 0 aliphatic heterocycles. The maximum absolute atomic E-state index is 14.1. The van der Waals surface area contributed by atoms with Crippen LogP contribution in [0.1, 0.15) is 21.5 Å². The predicted octanol–water partition coefficient (Wildman–Crippen LogP) is 2.96. The Morgan fingerprint density at radius 1 is 1.48 bits per heavy atom. The third-order valence-corrected chi connectivity index (χ3v) is 3.49. The molecule has 2 aromatic rings. The van der Waals surface area contributed by atoms with E-state index >= 15 is 0 Å². The average molecular weight is 312 g/mol. The van der Waals surface area contributed by atoms with Gasteiger partial charge >= 0.3 is 0 Å². The molecule has 0 fully saturated rings. The van der Waals surface area contributed by atoms with E-state index in [1.807, 2.05) is 0 Å². The van der Waals surface area contributed by atoms with Crippen molar-refractivity contribution in [2.75, 3.05) is 5.32 Å². The van der Waals surface area contributed by atoms with E-state index < -0.39 is 11.7 Å². The monoisotopic (exact) mass is 312 g/mol. The van der Waals surface area contributed by atoms with Crippen LogP contribution in [-0.4, -0.2) is 16.7 Å². The second-order valence-electron chi connectivity index (χ2n) is 5.13. The van der Waals surface area contributed by atoms with Crippen molar-refractivity contribution in [2.45, 2.75) is 13.8 Å². The van der Waals surface area contributed by atoms with Crippen molar-refractivity contribution >= 4 is 29.4 Å². The number of aryl methyl sites for hydroxylation is 1. The molecular formula is C17H17FN4O. The number of hydrogen-bond donors (Lipinski definition) is 2. The molecule has 1 aromatic carbocycles. The highest BCUT2D eigenvalue weighted by molar-refractivity contribution is 6.02. The first kappa shape index (κ1) is 16.3. The summed E-state index contributed by atoms with van der Waals surface area (Å²) in [5.74, 6) is 2.08. The Bertz CT molecular complexity index is 843. The van der Waals surface area contributed by atoms with E-state index in [2.05, 4.69) is 16.2 Å². The van der Waals surface area contributed by atoms with Crippen LogP contribution in [0.3, 0.4) is 0 Å². The Kier molecular flexibility index (Phi) is 4.51. The first-order valence-corrected chi connectivity index (χ1v) is 6.87. The van der Waals surface area contributed by atoms with Gasteiger partial charge in [-0.3, -0.25) is 4.79 Å². The Labute approximate surface area is 134 Å². The quantitative estimate of drug-likeness (QED) is 0.673. The summed E-state index contributed by atoms with van der Waals surface area (Å²) in [5.41, 5.74) is 7.32. The van der Waals surface area contributed by atoms with Crippen molar-refractivity contribution < 1.29 is 9.18 Å². The summed E-state index contributed by atoms with van der Waals surface area (Å²) in [7, 11) is 1.69. The molecule has 2 rings (SSSR count). The van der Waals surface area contributed by atoms with Gasteiger partial charge in [0.15, 0.2) is 0 Å². The molecule has 23 heavy (non-hydrogen) atoms. The third kappa shape index (κ3) is 3.09. The fraction of sp³-hybridized carbons (Fsp3) is 0.176. The van der Waals surface area contributed by atoms with Crippen LogP contribution in [0.15, 0.2) is 23.2 Å². The molecule has 6 heteroatoms. The van der Waals surface area contributed by atoms with E-state index in [-0.39, 0.29) is 11.3 Å². The number of benzene rings is 1. The van der Waals surface area contributed by atoms with Gasteiger partial charge in [-0.25, -0.2) is 9.38 Å². The molecule has 1 aromatic heterocycles. The number of aliphatic imine (C=N–C) groups is 1. The molecule has 0 aliphatic rings. The van der Waals surface area contributed by atoms with Gasteiger partial charge in [0.25, 0.3) is 5.91 Å². The molecule has 0 bridgehead atoms. The minimum absolute atomic E-state index is 0.242. The van der Waals surface area contributed by atoms with Crippen LogP contribution < -0.4 is 11.1 Å². The Morgan fingerprint density at radius 2 is 2.17 bits per heavy atom. The molecule has 0 spiro atoms. The smallest absolute Gasteiger partial charge is 0.252 e. The SMILES string of the molecule is C#C/C=N\c1c(C)c(C(N)=O)c(Nc2ccc(C)cc2F)n1C. The largest absolute Gasteiger partial charge is 0.365 e. The van der Waals surface area contributed by atoms with E-state index in [1.165, 1.54) is 12.3 Å². The zero-order chi connectivity index (χ0) is 17.1. The third-order valence-electron chi connectivity index (χ3n) is 3.49. The van der Waals surface area contributed by atoms with Crippen LogP contribution in [-0.2, 0) is 7.05 Å². The number of halogens is 1. The standard InChI is InChI=1S/C17H17FN4O/c1-5-8-20-16-11(3)14(15(19)23)17(22(16)4)21-13-7-6-10(2)9-12(13)18/h1,6-9,21H,2-4H3,(H2,19,23)/b20-8-. The molecule has 3 N–H and O–H groups in total. The van der Waals surface area contributed by atoms with E-state index in [0.717, 1.165) is 5.56 Å². The highest BCUT2D eigenvalue weighted by Gasteiger charge is 2.22. The number of primary amides is 1. The van der Waals surface area contributed by atoms with Crippen LogP contribution in [0.25, 0.3) is 0 Å². The van der Waals surface area contributed by atoms with Crippen molar-refractivity contribution in [3.05, 3.63) is 40.7 Å². The van der Waals surface area contributed by atoms with Gasteiger partial charge < -0.3 is 15.6 Å². The van der Waals surface area contributed by atoms with Crippen molar-refractivity contribution in [3.8, 4) is 12.3 Å². The van der Waals surface area contributed by atoms with Crippen molar-refractivity contribution in [1.82, 2.24) is 4.57 Å². The minimum atomic E-state index is -0.629. The van der Waals surface area contributed by atoms with Crippen molar-refractivity contribution in [2.24, 2.45) is 17.8 Å². The van der Waals surface area contributed by atoms with Gasteiger partial charge in [0.05, 0.1) is 17.5 Å². The predicted molar refractivity (Wildman–Crippen MR) is 90.1 cm³/mol. The Hall–Kier alpha value is -3.07. The molecule has 0 atom stereocenters. The van der Waals surface area contributed by atoms with Crippen LogP contribution in [0.4, 0.5) is 21.7 Å². The number of nitrogens with one attached hydrogen (secondary N) is 1. The lowest BCUT2D eigenvalue weighted by molar-refractivity contribution is 0.100. The number of amides is 1. The summed E-state index contributed by atoms with van der Waals surface area (Å²) < 4.78 is 15.7. The van der Waals surface area contributed by atoms with Gasteiger partial charge in [-0.05, 0) is 31.5 Å². The normalized spacial score (nSPS) is 10.7. The van der Waals surface area contributed by atoms with Gasteiger partial charge in [-0.2, -0.15) is 0 Å². The fourth-order valence-electron chi connectivity index (χ4n) is 2.39. The number of hydrogen-bond acceptors (Lipinski definition) is 3. The first-order valence-electron chi connectivity index (χ1n) is 6.87. The summed E-state index contributed by atoms with van der Waals surface area (Å²) in [6.45, 7) is 3.50. The second kappa shape index (κ2) is 6.36. The lowest BCUT2D eigenvalue weighted by Gasteiger charge is -2.11. The molecule has 0 aliphatic carbocycles. The van der Waals surface area contributed by atoms with Crippen LogP contribution in [0, 0.1) is 32.0 Å². The highest BCUT2D eigenvalue weighted by atomic mass is 19.1. The number of carbonyl (C=O) groups is 1. The molecule has 0 saturated heterocycles. The van der Waals surface area contributed by atoms with Gasteiger partial charge in [0.2, 0.25) is 0 Å². The minimum Gasteiger partial charge on any atom is -0.365 e. The number of nitrogens with two attached hydrogens (primary N) is 1. The maximum Gasteiger partial charge on any atom is 0.252 e. The van der Waals surface area contributed by atoms with Crippen molar-refractivity contribution in [1.29, 1.82) is 0 Å². The molecule has 1 heterocycles. The highest BCUT2D eigenvalue weighted by Crippen LogP contribution is 2.34. The Morgan fingerprint density at radius 3 is 2.74 bits per heavy atom. The van der Waals surface area contributed by atoms with Crippen LogP contribution >= 0.6 is 0 Å². The van der Waals surface area contributed by atoms with Crippen LogP contribution in [0.2, 0.25) is 0 Å². The number of aromatic nitrogens is 1. The summed E-state index contributed by atoms with van der Waals surface area (Å²) >= 11 is 0. The lowest BCUT2D eigenvalue weighted by atomic mass is 10.1. The molecule has 0 unspecified atom stereocenters. The van der Waals surface area contributed by atoms with Crippen LogP contribution in [0.5, 0.6) is 0 Å². The lowest BCUT2D eigenvalue weighted by Crippen LogP contribution is -2.14. The van der Waals surface area contributed by atoms with Gasteiger partial charge in [0.1, 0.15) is 17.5 Å². The molecule has 118 valence electrons. The number of rotatable bonds is 4. The summed E-state index contributed by atoms with van der Waals surface area (Å²) in [4.78, 5) is 15.9. The molecule has 5 nitrogen and oxygen atoms in total. The molecule has 0 radical (unpaired) electrons. The van der Waals surface area contributed by atoms with E-state index in [1.54, 1.807) is 37.6 Å². The summed E-state index contributed by atoms with van der Waals surface area (Å²) in [5, 5.41) is 2.92.